The Hall–Kier alpha value is -2.57. The van der Waals surface area contributed by atoms with E-state index in [1.54, 1.807) is 36.2 Å². The van der Waals surface area contributed by atoms with Crippen molar-refractivity contribution in [3.63, 3.8) is 0 Å². The number of amides is 1. The number of carbonyl (C=O) groups is 1. The van der Waals surface area contributed by atoms with Crippen molar-refractivity contribution in [2.24, 2.45) is 0 Å². The standard InChI is InChI=1S/C21H21ClN2O3S/c1-15-20(21(25)24(2)12-13-26-17-6-4-3-5-7-17)28-19(23-15)14-27-18-10-8-16(22)9-11-18/h3-11H,12-14H2,1-2H3. The SMILES string of the molecule is Cc1nc(COc2ccc(Cl)cc2)sc1C(=O)N(C)CCOc1ccccc1. The van der Waals surface area contributed by atoms with E-state index in [2.05, 4.69) is 4.98 Å². The summed E-state index contributed by atoms with van der Waals surface area (Å²) in [5.41, 5.74) is 0.709. The highest BCUT2D eigenvalue weighted by Crippen LogP contribution is 2.22. The van der Waals surface area contributed by atoms with Gasteiger partial charge in [-0.1, -0.05) is 29.8 Å². The number of aromatic nitrogens is 1. The first-order chi connectivity index (χ1) is 13.5. The van der Waals surface area contributed by atoms with Gasteiger partial charge >= 0.3 is 0 Å². The molecule has 3 rings (SSSR count). The number of rotatable bonds is 8. The van der Waals surface area contributed by atoms with Gasteiger partial charge in [0.25, 0.3) is 5.91 Å². The van der Waals surface area contributed by atoms with E-state index in [0.29, 0.717) is 41.1 Å². The average Bonchev–Trinajstić information content (AvgIpc) is 3.08. The van der Waals surface area contributed by atoms with Gasteiger partial charge in [-0.3, -0.25) is 4.79 Å². The number of benzene rings is 2. The molecule has 0 spiro atoms. The molecular formula is C21H21ClN2O3S. The third-order valence-corrected chi connectivity index (χ3v) is 5.37. The van der Waals surface area contributed by atoms with Gasteiger partial charge in [-0.2, -0.15) is 0 Å². The Labute approximate surface area is 173 Å². The quantitative estimate of drug-likeness (QED) is 0.527. The third-order valence-electron chi connectivity index (χ3n) is 4.00. The van der Waals surface area contributed by atoms with E-state index in [4.69, 9.17) is 21.1 Å². The lowest BCUT2D eigenvalue weighted by Gasteiger charge is -2.16. The minimum atomic E-state index is -0.0654. The Bertz CT molecular complexity index is 913. The van der Waals surface area contributed by atoms with Crippen LogP contribution in [-0.2, 0) is 6.61 Å². The van der Waals surface area contributed by atoms with Crippen molar-refractivity contribution in [1.82, 2.24) is 9.88 Å². The van der Waals surface area contributed by atoms with Crippen LogP contribution in [0.25, 0.3) is 0 Å². The zero-order valence-electron chi connectivity index (χ0n) is 15.7. The highest BCUT2D eigenvalue weighted by molar-refractivity contribution is 7.13. The first kappa shape index (κ1) is 20.2. The second kappa shape index (κ2) is 9.57. The molecule has 5 nitrogen and oxygen atoms in total. The van der Waals surface area contributed by atoms with Crippen LogP contribution < -0.4 is 9.47 Å². The fraction of sp³-hybridized carbons (Fsp3) is 0.238. The van der Waals surface area contributed by atoms with Crippen LogP contribution in [0, 0.1) is 6.92 Å². The van der Waals surface area contributed by atoms with E-state index in [1.165, 1.54) is 11.3 Å². The number of carbonyl (C=O) groups excluding carboxylic acids is 1. The van der Waals surface area contributed by atoms with Crippen molar-refractivity contribution in [3.8, 4) is 11.5 Å². The zero-order valence-corrected chi connectivity index (χ0v) is 17.3. The minimum Gasteiger partial charge on any atom is -0.492 e. The molecule has 0 bridgehead atoms. The number of hydrogen-bond acceptors (Lipinski definition) is 5. The van der Waals surface area contributed by atoms with Crippen LogP contribution in [0.2, 0.25) is 5.02 Å². The van der Waals surface area contributed by atoms with Crippen molar-refractivity contribution in [3.05, 3.63) is 75.2 Å². The summed E-state index contributed by atoms with van der Waals surface area (Å²) in [5, 5.41) is 1.41. The molecule has 7 heteroatoms. The number of ether oxygens (including phenoxy) is 2. The van der Waals surface area contributed by atoms with Crippen molar-refractivity contribution in [2.45, 2.75) is 13.5 Å². The largest absolute Gasteiger partial charge is 0.492 e. The molecule has 0 fully saturated rings. The molecule has 146 valence electrons. The van der Waals surface area contributed by atoms with E-state index in [9.17, 15) is 4.79 Å². The fourth-order valence-electron chi connectivity index (χ4n) is 2.48. The molecule has 0 radical (unpaired) electrons. The molecule has 1 heterocycles. The van der Waals surface area contributed by atoms with Crippen LogP contribution in [0.3, 0.4) is 0 Å². The van der Waals surface area contributed by atoms with Gasteiger partial charge in [0.2, 0.25) is 0 Å². The summed E-state index contributed by atoms with van der Waals surface area (Å²) in [4.78, 5) is 19.4. The lowest BCUT2D eigenvalue weighted by molar-refractivity contribution is 0.0777. The summed E-state index contributed by atoms with van der Waals surface area (Å²) in [5.74, 6) is 1.43. The molecule has 1 amide bonds. The molecule has 0 unspecified atom stereocenters. The summed E-state index contributed by atoms with van der Waals surface area (Å²) < 4.78 is 11.4. The lowest BCUT2D eigenvalue weighted by Crippen LogP contribution is -2.30. The molecule has 0 saturated carbocycles. The number of halogens is 1. The Kier molecular flexibility index (Phi) is 6.90. The summed E-state index contributed by atoms with van der Waals surface area (Å²) in [7, 11) is 1.76. The van der Waals surface area contributed by atoms with Crippen LogP contribution in [-0.4, -0.2) is 36.0 Å². The number of aryl methyl sites for hydroxylation is 1. The minimum absolute atomic E-state index is 0.0654. The van der Waals surface area contributed by atoms with Crippen LogP contribution >= 0.6 is 22.9 Å². The summed E-state index contributed by atoms with van der Waals surface area (Å²) >= 11 is 7.23. The van der Waals surface area contributed by atoms with Gasteiger partial charge < -0.3 is 14.4 Å². The first-order valence-electron chi connectivity index (χ1n) is 8.81. The Morgan fingerprint density at radius 3 is 2.46 bits per heavy atom. The van der Waals surface area contributed by atoms with Gasteiger partial charge in [0, 0.05) is 12.1 Å². The maximum atomic E-state index is 12.7. The first-order valence-corrected chi connectivity index (χ1v) is 10.0. The Balaban J connectivity index is 1.53. The molecule has 0 N–H and O–H groups in total. The van der Waals surface area contributed by atoms with Gasteiger partial charge in [0.05, 0.1) is 12.2 Å². The molecular weight excluding hydrogens is 396 g/mol. The predicted octanol–water partition coefficient (Wildman–Crippen LogP) is 4.83. The molecule has 0 aliphatic rings. The maximum Gasteiger partial charge on any atom is 0.265 e. The smallest absolute Gasteiger partial charge is 0.265 e. The van der Waals surface area contributed by atoms with Crippen molar-refractivity contribution in [2.75, 3.05) is 20.2 Å². The van der Waals surface area contributed by atoms with Crippen LogP contribution in [0.1, 0.15) is 20.4 Å². The van der Waals surface area contributed by atoms with Gasteiger partial charge in [0.15, 0.2) is 0 Å². The highest BCUT2D eigenvalue weighted by atomic mass is 35.5. The average molecular weight is 417 g/mol. The van der Waals surface area contributed by atoms with Gasteiger partial charge in [-0.25, -0.2) is 4.98 Å². The Morgan fingerprint density at radius 1 is 1.07 bits per heavy atom. The lowest BCUT2D eigenvalue weighted by atomic mass is 10.3. The van der Waals surface area contributed by atoms with Crippen molar-refractivity contribution >= 4 is 28.8 Å². The Morgan fingerprint density at radius 2 is 1.75 bits per heavy atom. The number of likely N-dealkylation sites (N-methyl/N-ethyl adjacent to an activating group) is 1. The monoisotopic (exact) mass is 416 g/mol. The molecule has 28 heavy (non-hydrogen) atoms. The van der Waals surface area contributed by atoms with E-state index in [1.807, 2.05) is 37.3 Å². The van der Waals surface area contributed by atoms with Crippen LogP contribution in [0.5, 0.6) is 11.5 Å². The van der Waals surface area contributed by atoms with Gasteiger partial charge in [0.1, 0.15) is 34.6 Å². The molecule has 3 aromatic rings. The zero-order chi connectivity index (χ0) is 19.9. The number of hydrogen-bond donors (Lipinski definition) is 0. The topological polar surface area (TPSA) is 51.7 Å². The summed E-state index contributed by atoms with van der Waals surface area (Å²) in [6, 6.07) is 16.7. The molecule has 0 atom stereocenters. The molecule has 1 aromatic heterocycles. The van der Waals surface area contributed by atoms with Gasteiger partial charge in [-0.15, -0.1) is 11.3 Å². The predicted molar refractivity (Wildman–Crippen MR) is 112 cm³/mol. The molecule has 2 aromatic carbocycles. The molecule has 0 aliphatic heterocycles. The van der Waals surface area contributed by atoms with Crippen molar-refractivity contribution in [1.29, 1.82) is 0 Å². The summed E-state index contributed by atoms with van der Waals surface area (Å²) in [6.45, 7) is 3.06. The second-order valence-electron chi connectivity index (χ2n) is 6.15. The maximum absolute atomic E-state index is 12.7. The third kappa shape index (κ3) is 5.47. The number of para-hydroxylation sites is 1. The van der Waals surface area contributed by atoms with Crippen LogP contribution in [0.15, 0.2) is 54.6 Å². The highest BCUT2D eigenvalue weighted by Gasteiger charge is 2.19. The number of nitrogens with zero attached hydrogens (tertiary/aromatic N) is 2. The van der Waals surface area contributed by atoms with E-state index < -0.39 is 0 Å². The van der Waals surface area contributed by atoms with E-state index in [0.717, 1.165) is 10.8 Å². The van der Waals surface area contributed by atoms with E-state index >= 15 is 0 Å². The fourth-order valence-corrected chi connectivity index (χ4v) is 3.58. The van der Waals surface area contributed by atoms with Crippen molar-refractivity contribution < 1.29 is 14.3 Å². The molecule has 0 aliphatic carbocycles. The summed E-state index contributed by atoms with van der Waals surface area (Å²) in [6.07, 6.45) is 0. The second-order valence-corrected chi connectivity index (χ2v) is 7.67. The number of thiazole rings is 1. The van der Waals surface area contributed by atoms with Crippen LogP contribution in [0.4, 0.5) is 0 Å². The van der Waals surface area contributed by atoms with Gasteiger partial charge in [-0.05, 0) is 43.3 Å². The van der Waals surface area contributed by atoms with E-state index in [-0.39, 0.29) is 5.91 Å². The normalized spacial score (nSPS) is 10.5. The molecule has 0 saturated heterocycles.